The van der Waals surface area contributed by atoms with E-state index >= 15 is 0 Å². The highest BCUT2D eigenvalue weighted by Gasteiger charge is 2.17. The van der Waals surface area contributed by atoms with Gasteiger partial charge in [0.2, 0.25) is 11.9 Å². The number of rotatable bonds is 7. The maximum atomic E-state index is 12.1. The van der Waals surface area contributed by atoms with Crippen molar-refractivity contribution < 1.29 is 19.1 Å². The van der Waals surface area contributed by atoms with Crippen molar-refractivity contribution in [2.75, 3.05) is 24.9 Å². The number of hydrogen-bond donors (Lipinski definition) is 3. The van der Waals surface area contributed by atoms with E-state index in [2.05, 4.69) is 40.5 Å². The molecule has 2 heterocycles. The number of nitrogens with one attached hydrogen (secondary N) is 3. The van der Waals surface area contributed by atoms with E-state index in [4.69, 9.17) is 4.74 Å². The second-order valence-electron chi connectivity index (χ2n) is 6.35. The fourth-order valence-electron chi connectivity index (χ4n) is 2.70. The summed E-state index contributed by atoms with van der Waals surface area (Å²) in [4.78, 5) is 36.7. The van der Waals surface area contributed by atoms with E-state index in [0.717, 1.165) is 17.5 Å². The summed E-state index contributed by atoms with van der Waals surface area (Å²) in [7, 11) is 2.43. The van der Waals surface area contributed by atoms with Crippen molar-refractivity contribution in [2.45, 2.75) is 13.8 Å². The summed E-state index contributed by atoms with van der Waals surface area (Å²) in [5.41, 5.74) is 2.63. The predicted molar refractivity (Wildman–Crippen MR) is 112 cm³/mol. The lowest BCUT2D eigenvalue weighted by molar-refractivity contribution is -0.138. The molecular formula is C20H21N7O4. The van der Waals surface area contributed by atoms with Crippen LogP contribution >= 0.6 is 0 Å². The Morgan fingerprint density at radius 3 is 2.39 bits per heavy atom. The predicted octanol–water partition coefficient (Wildman–Crippen LogP) is 2.26. The molecule has 11 heteroatoms. The third kappa shape index (κ3) is 5.41. The lowest BCUT2D eigenvalue weighted by Gasteiger charge is -2.12. The van der Waals surface area contributed by atoms with Gasteiger partial charge in [-0.1, -0.05) is 12.1 Å². The maximum Gasteiger partial charge on any atom is 0.354 e. The van der Waals surface area contributed by atoms with Crippen molar-refractivity contribution in [3.05, 3.63) is 53.5 Å². The van der Waals surface area contributed by atoms with E-state index in [1.54, 1.807) is 24.3 Å². The van der Waals surface area contributed by atoms with Gasteiger partial charge in [-0.25, -0.2) is 19.6 Å². The van der Waals surface area contributed by atoms with E-state index in [1.807, 2.05) is 19.9 Å². The number of aromatic nitrogens is 5. The molecule has 3 rings (SSSR count). The number of benzene rings is 1. The van der Waals surface area contributed by atoms with E-state index in [-0.39, 0.29) is 11.6 Å². The lowest BCUT2D eigenvalue weighted by Crippen LogP contribution is -2.16. The highest BCUT2D eigenvalue weighted by Crippen LogP contribution is 2.27. The number of aromatic amines is 1. The van der Waals surface area contributed by atoms with Crippen molar-refractivity contribution in [1.29, 1.82) is 0 Å². The summed E-state index contributed by atoms with van der Waals surface area (Å²) in [6.45, 7) is 3.73. The molecule has 31 heavy (non-hydrogen) atoms. The summed E-state index contributed by atoms with van der Waals surface area (Å²) < 4.78 is 9.32. The van der Waals surface area contributed by atoms with Crippen molar-refractivity contribution >= 4 is 29.5 Å². The molecule has 2 aromatic heterocycles. The average molecular weight is 423 g/mol. The monoisotopic (exact) mass is 423 g/mol. The van der Waals surface area contributed by atoms with Gasteiger partial charge < -0.3 is 14.8 Å². The highest BCUT2D eigenvalue weighted by atomic mass is 16.5. The number of aryl methyl sites for hydroxylation is 2. The fraction of sp³-hybridized carbons (Fsp3) is 0.200. The first-order valence-corrected chi connectivity index (χ1v) is 9.15. The van der Waals surface area contributed by atoms with Gasteiger partial charge in [0.1, 0.15) is 5.70 Å². The van der Waals surface area contributed by atoms with Gasteiger partial charge in [0, 0.05) is 22.6 Å². The molecule has 0 spiro atoms. The summed E-state index contributed by atoms with van der Waals surface area (Å²) in [6, 6.07) is 8.90. The minimum absolute atomic E-state index is 0.0942. The van der Waals surface area contributed by atoms with Crippen LogP contribution in [0.5, 0.6) is 0 Å². The zero-order chi connectivity index (χ0) is 22.4. The number of H-pyrrole nitrogens is 1. The first-order valence-electron chi connectivity index (χ1n) is 9.15. The Balaban J connectivity index is 1.89. The smallest absolute Gasteiger partial charge is 0.354 e. The Morgan fingerprint density at radius 2 is 1.71 bits per heavy atom. The summed E-state index contributed by atoms with van der Waals surface area (Å²) in [5, 5.41) is 12.8. The normalized spacial score (nSPS) is 11.0. The fourth-order valence-corrected chi connectivity index (χ4v) is 2.70. The molecule has 0 aliphatic carbocycles. The van der Waals surface area contributed by atoms with Gasteiger partial charge in [-0.2, -0.15) is 4.98 Å². The van der Waals surface area contributed by atoms with Gasteiger partial charge in [-0.3, -0.25) is 10.4 Å². The van der Waals surface area contributed by atoms with Gasteiger partial charge in [-0.05, 0) is 32.0 Å². The van der Waals surface area contributed by atoms with Gasteiger partial charge >= 0.3 is 11.9 Å². The third-order valence-electron chi connectivity index (χ3n) is 4.01. The number of hydrogen-bond acceptors (Lipinski definition) is 10. The van der Waals surface area contributed by atoms with E-state index in [9.17, 15) is 9.59 Å². The maximum absolute atomic E-state index is 12.1. The van der Waals surface area contributed by atoms with Crippen LogP contribution in [0.1, 0.15) is 11.4 Å². The molecule has 3 aromatic rings. The number of esters is 2. The Morgan fingerprint density at radius 1 is 1.00 bits per heavy atom. The van der Waals surface area contributed by atoms with Gasteiger partial charge in [0.25, 0.3) is 0 Å². The molecule has 0 unspecified atom stereocenters. The van der Waals surface area contributed by atoms with Crippen LogP contribution in [0.15, 0.2) is 42.1 Å². The van der Waals surface area contributed by atoms with Crippen LogP contribution in [0.2, 0.25) is 0 Å². The molecule has 0 aliphatic rings. The number of methoxy groups -OCH3 is 2. The second-order valence-corrected chi connectivity index (χ2v) is 6.35. The van der Waals surface area contributed by atoms with Crippen LogP contribution in [-0.2, 0) is 19.1 Å². The molecule has 0 bridgehead atoms. The Hall–Kier alpha value is -4.28. The molecule has 0 fully saturated rings. The zero-order valence-electron chi connectivity index (χ0n) is 17.4. The van der Waals surface area contributed by atoms with Gasteiger partial charge in [0.15, 0.2) is 5.82 Å². The van der Waals surface area contributed by atoms with Crippen molar-refractivity contribution in [1.82, 2.24) is 25.1 Å². The van der Waals surface area contributed by atoms with Crippen LogP contribution < -0.4 is 10.6 Å². The van der Waals surface area contributed by atoms with Crippen LogP contribution in [0.25, 0.3) is 11.4 Å². The Kier molecular flexibility index (Phi) is 6.55. The standard InChI is InChI=1S/C20H21N7O4/c1-11-9-12(2)22-19(21-11)25-20-24-17(26-27-20)13-7-5-6-8-14(13)23-15(18(29)31-4)10-16(28)30-3/h5-10,23H,1-4H3,(H2,21,22,24,25,26,27)/b15-10+. The van der Waals surface area contributed by atoms with Gasteiger partial charge in [-0.15, -0.1) is 5.10 Å². The number of carbonyl (C=O) groups excluding carboxylic acids is 2. The molecule has 11 nitrogen and oxygen atoms in total. The zero-order valence-corrected chi connectivity index (χ0v) is 17.4. The molecule has 0 aliphatic heterocycles. The van der Waals surface area contributed by atoms with E-state index < -0.39 is 11.9 Å². The van der Waals surface area contributed by atoms with E-state index in [0.29, 0.717) is 23.0 Å². The summed E-state index contributed by atoms with van der Waals surface area (Å²) in [6.07, 6.45) is 1.01. The lowest BCUT2D eigenvalue weighted by atomic mass is 10.1. The quantitative estimate of drug-likeness (QED) is 0.382. The number of carbonyl (C=O) groups is 2. The number of para-hydroxylation sites is 1. The number of nitrogens with zero attached hydrogens (tertiary/aromatic N) is 4. The topological polar surface area (TPSA) is 144 Å². The largest absolute Gasteiger partial charge is 0.466 e. The Bertz CT molecular complexity index is 1120. The second kappa shape index (κ2) is 9.48. The molecule has 0 saturated carbocycles. The molecule has 1 aromatic carbocycles. The van der Waals surface area contributed by atoms with Crippen molar-refractivity contribution in [2.24, 2.45) is 0 Å². The van der Waals surface area contributed by atoms with Crippen LogP contribution in [0, 0.1) is 13.8 Å². The van der Waals surface area contributed by atoms with Gasteiger partial charge in [0.05, 0.1) is 20.3 Å². The van der Waals surface area contributed by atoms with E-state index in [1.165, 1.54) is 14.2 Å². The molecule has 160 valence electrons. The van der Waals surface area contributed by atoms with Crippen molar-refractivity contribution in [3.63, 3.8) is 0 Å². The first kappa shape index (κ1) is 21.4. The van der Waals surface area contributed by atoms with Crippen LogP contribution in [-0.4, -0.2) is 51.3 Å². The molecule has 0 radical (unpaired) electrons. The molecule has 0 amide bonds. The SMILES string of the molecule is COC(=O)/C=C(/Nc1ccccc1-c1nc(Nc2nc(C)cc(C)n2)n[nH]1)C(=O)OC. The minimum atomic E-state index is -0.730. The first-order chi connectivity index (χ1) is 14.9. The highest BCUT2D eigenvalue weighted by molar-refractivity contribution is 5.99. The minimum Gasteiger partial charge on any atom is -0.466 e. The summed E-state index contributed by atoms with van der Waals surface area (Å²) in [5.74, 6) is -0.370. The molecule has 0 atom stereocenters. The van der Waals surface area contributed by atoms with Crippen LogP contribution in [0.3, 0.4) is 0 Å². The Labute approximate surface area is 177 Å². The summed E-state index contributed by atoms with van der Waals surface area (Å²) >= 11 is 0. The third-order valence-corrected chi connectivity index (χ3v) is 4.01. The number of ether oxygens (including phenoxy) is 2. The van der Waals surface area contributed by atoms with Crippen LogP contribution in [0.4, 0.5) is 17.6 Å². The molecular weight excluding hydrogens is 402 g/mol. The van der Waals surface area contributed by atoms with Crippen molar-refractivity contribution in [3.8, 4) is 11.4 Å². The average Bonchev–Trinajstić information content (AvgIpc) is 3.20. The molecule has 0 saturated heterocycles. The number of anilines is 3. The molecule has 3 N–H and O–H groups in total.